The van der Waals surface area contributed by atoms with E-state index in [0.29, 0.717) is 19.5 Å². The van der Waals surface area contributed by atoms with Crippen molar-refractivity contribution in [2.45, 2.75) is 25.8 Å². The molecule has 1 aliphatic heterocycles. The minimum Gasteiger partial charge on any atom is -0.481 e. The lowest BCUT2D eigenvalue weighted by molar-refractivity contribution is -0.149. The van der Waals surface area contributed by atoms with Crippen LogP contribution in [0.3, 0.4) is 0 Å². The van der Waals surface area contributed by atoms with Gasteiger partial charge in [-0.3, -0.25) is 14.3 Å². The lowest BCUT2D eigenvalue weighted by atomic mass is 9.81. The van der Waals surface area contributed by atoms with Gasteiger partial charge >= 0.3 is 5.97 Å². The number of carboxylic acid groups (broad SMARTS) is 1. The van der Waals surface area contributed by atoms with Gasteiger partial charge in [0, 0.05) is 25.5 Å². The van der Waals surface area contributed by atoms with Gasteiger partial charge in [0.1, 0.15) is 6.54 Å². The second-order valence-electron chi connectivity index (χ2n) is 5.53. The second-order valence-corrected chi connectivity index (χ2v) is 5.53. The fourth-order valence-corrected chi connectivity index (χ4v) is 3.46. The Morgan fingerprint density at radius 1 is 1.47 bits per heavy atom. The molecule has 2 fully saturated rings. The van der Waals surface area contributed by atoms with Crippen LogP contribution < -0.4 is 0 Å². The Morgan fingerprint density at radius 3 is 2.95 bits per heavy atom. The summed E-state index contributed by atoms with van der Waals surface area (Å²) >= 11 is 0. The average molecular weight is 263 g/mol. The largest absolute Gasteiger partial charge is 0.481 e. The third-order valence-corrected chi connectivity index (χ3v) is 4.51. The molecule has 0 spiro atoms. The van der Waals surface area contributed by atoms with E-state index >= 15 is 0 Å². The number of likely N-dealkylation sites (tertiary alicyclic amines) is 1. The number of hydrogen-bond donors (Lipinski definition) is 1. The first kappa shape index (κ1) is 12.2. The molecule has 0 unspecified atom stereocenters. The van der Waals surface area contributed by atoms with E-state index in [1.165, 1.54) is 0 Å². The molecular formula is C13H17N3O3. The second kappa shape index (κ2) is 4.36. The van der Waals surface area contributed by atoms with Crippen LogP contribution in [0.1, 0.15) is 19.3 Å². The monoisotopic (exact) mass is 263 g/mol. The zero-order valence-corrected chi connectivity index (χ0v) is 10.7. The minimum atomic E-state index is -0.746. The number of fused-ring (bicyclic) bond motifs is 1. The van der Waals surface area contributed by atoms with E-state index < -0.39 is 11.4 Å². The van der Waals surface area contributed by atoms with Crippen molar-refractivity contribution in [3.63, 3.8) is 0 Å². The van der Waals surface area contributed by atoms with Crippen LogP contribution in [0.4, 0.5) is 0 Å². The molecule has 2 aliphatic rings. The molecule has 2 atom stereocenters. The van der Waals surface area contributed by atoms with Crippen LogP contribution in [0.2, 0.25) is 0 Å². The summed E-state index contributed by atoms with van der Waals surface area (Å²) in [5.41, 5.74) is -0.695. The molecular weight excluding hydrogens is 246 g/mol. The van der Waals surface area contributed by atoms with E-state index in [4.69, 9.17) is 0 Å². The summed E-state index contributed by atoms with van der Waals surface area (Å²) in [6.07, 6.45) is 5.93. The van der Waals surface area contributed by atoms with Crippen molar-refractivity contribution >= 4 is 11.9 Å². The van der Waals surface area contributed by atoms with Crippen molar-refractivity contribution in [3.05, 3.63) is 18.5 Å². The van der Waals surface area contributed by atoms with Crippen LogP contribution in [0.25, 0.3) is 0 Å². The first-order valence-corrected chi connectivity index (χ1v) is 6.60. The topological polar surface area (TPSA) is 75.4 Å². The van der Waals surface area contributed by atoms with Gasteiger partial charge in [-0.1, -0.05) is 6.42 Å². The van der Waals surface area contributed by atoms with Gasteiger partial charge in [-0.25, -0.2) is 0 Å². The number of aliphatic carboxylic acids is 1. The maximum atomic E-state index is 12.2. The summed E-state index contributed by atoms with van der Waals surface area (Å²) in [5.74, 6) is -0.672. The SMILES string of the molecule is O=C(Cn1cccn1)N1C[C@@H]2CCC[C@@]2(C(=O)O)C1. The van der Waals surface area contributed by atoms with Crippen LogP contribution >= 0.6 is 0 Å². The van der Waals surface area contributed by atoms with E-state index in [-0.39, 0.29) is 18.4 Å². The lowest BCUT2D eigenvalue weighted by Gasteiger charge is -2.23. The molecule has 102 valence electrons. The van der Waals surface area contributed by atoms with Crippen molar-refractivity contribution in [2.75, 3.05) is 13.1 Å². The van der Waals surface area contributed by atoms with Crippen molar-refractivity contribution in [3.8, 4) is 0 Å². The van der Waals surface area contributed by atoms with Gasteiger partial charge in [0.05, 0.1) is 5.41 Å². The molecule has 0 radical (unpaired) electrons. The number of nitrogens with zero attached hydrogens (tertiary/aromatic N) is 3. The minimum absolute atomic E-state index is 0.0428. The van der Waals surface area contributed by atoms with E-state index in [2.05, 4.69) is 5.10 Å². The third-order valence-electron chi connectivity index (χ3n) is 4.51. The van der Waals surface area contributed by atoms with Gasteiger partial charge in [-0.15, -0.1) is 0 Å². The van der Waals surface area contributed by atoms with Gasteiger partial charge in [0.25, 0.3) is 0 Å². The van der Waals surface area contributed by atoms with E-state index in [9.17, 15) is 14.7 Å². The van der Waals surface area contributed by atoms with Crippen LogP contribution in [0.15, 0.2) is 18.5 Å². The maximum Gasteiger partial charge on any atom is 0.311 e. The third kappa shape index (κ3) is 1.91. The summed E-state index contributed by atoms with van der Waals surface area (Å²) < 4.78 is 1.57. The van der Waals surface area contributed by atoms with Crippen LogP contribution in [-0.4, -0.2) is 44.8 Å². The van der Waals surface area contributed by atoms with Gasteiger partial charge in [-0.05, 0) is 24.8 Å². The molecule has 3 rings (SSSR count). The Balaban J connectivity index is 1.71. The van der Waals surface area contributed by atoms with Crippen LogP contribution in [0.5, 0.6) is 0 Å². The summed E-state index contributed by atoms with van der Waals surface area (Å²) in [5, 5.41) is 13.5. The van der Waals surface area contributed by atoms with Crippen molar-refractivity contribution in [2.24, 2.45) is 11.3 Å². The highest BCUT2D eigenvalue weighted by atomic mass is 16.4. The van der Waals surface area contributed by atoms with Gasteiger partial charge in [0.15, 0.2) is 0 Å². The van der Waals surface area contributed by atoms with Gasteiger partial charge in [-0.2, -0.15) is 5.10 Å². The zero-order chi connectivity index (χ0) is 13.5. The Bertz CT molecular complexity index is 499. The predicted molar refractivity (Wildman–Crippen MR) is 66.2 cm³/mol. The van der Waals surface area contributed by atoms with Crippen molar-refractivity contribution < 1.29 is 14.7 Å². The molecule has 0 aromatic carbocycles. The van der Waals surface area contributed by atoms with E-state index in [1.54, 1.807) is 28.0 Å². The molecule has 19 heavy (non-hydrogen) atoms. The smallest absolute Gasteiger partial charge is 0.311 e. The fraction of sp³-hybridized carbons (Fsp3) is 0.615. The highest BCUT2D eigenvalue weighted by Gasteiger charge is 2.55. The summed E-state index contributed by atoms with van der Waals surface area (Å²) in [6.45, 7) is 1.12. The molecule has 1 saturated heterocycles. The van der Waals surface area contributed by atoms with Crippen LogP contribution in [0, 0.1) is 11.3 Å². The first-order valence-electron chi connectivity index (χ1n) is 6.60. The standard InChI is InChI=1S/C13H17N3O3/c17-11(8-16-6-2-5-14-16)15-7-10-3-1-4-13(10,9-15)12(18)19/h2,5-6,10H,1,3-4,7-9H2,(H,18,19)/t10-,13+/m0/s1. The maximum absolute atomic E-state index is 12.2. The Labute approximate surface area is 111 Å². The number of aromatic nitrogens is 2. The molecule has 0 bridgehead atoms. The number of hydrogen-bond acceptors (Lipinski definition) is 3. The number of rotatable bonds is 3. The molecule has 1 amide bonds. The Morgan fingerprint density at radius 2 is 2.32 bits per heavy atom. The molecule has 6 heteroatoms. The average Bonchev–Trinajstić information content (AvgIpc) is 3.01. The summed E-state index contributed by atoms with van der Waals surface area (Å²) in [6, 6.07) is 1.77. The highest BCUT2D eigenvalue weighted by molar-refractivity contribution is 5.81. The number of carbonyl (C=O) groups excluding carboxylic acids is 1. The highest BCUT2D eigenvalue weighted by Crippen LogP contribution is 2.48. The Kier molecular flexibility index (Phi) is 2.80. The lowest BCUT2D eigenvalue weighted by Crippen LogP contribution is -2.38. The number of amides is 1. The van der Waals surface area contributed by atoms with Crippen molar-refractivity contribution in [1.82, 2.24) is 14.7 Å². The molecule has 1 aromatic rings. The first-order chi connectivity index (χ1) is 9.12. The zero-order valence-electron chi connectivity index (χ0n) is 10.7. The predicted octanol–water partition coefficient (Wildman–Crippen LogP) is 0.596. The van der Waals surface area contributed by atoms with Gasteiger partial charge < -0.3 is 10.0 Å². The van der Waals surface area contributed by atoms with E-state index in [1.807, 2.05) is 0 Å². The van der Waals surface area contributed by atoms with E-state index in [0.717, 1.165) is 12.8 Å². The van der Waals surface area contributed by atoms with Gasteiger partial charge in [0.2, 0.25) is 5.91 Å². The summed E-state index contributed by atoms with van der Waals surface area (Å²) in [7, 11) is 0. The van der Waals surface area contributed by atoms with Crippen molar-refractivity contribution in [1.29, 1.82) is 0 Å². The number of carboxylic acids is 1. The molecule has 1 aromatic heterocycles. The normalized spacial score (nSPS) is 29.5. The molecule has 1 N–H and O–H groups in total. The summed E-state index contributed by atoms with van der Waals surface area (Å²) in [4.78, 5) is 25.4. The number of carbonyl (C=O) groups is 2. The Hall–Kier alpha value is -1.85. The quantitative estimate of drug-likeness (QED) is 0.866. The fourth-order valence-electron chi connectivity index (χ4n) is 3.46. The molecule has 2 heterocycles. The molecule has 1 saturated carbocycles. The molecule has 1 aliphatic carbocycles. The molecule has 6 nitrogen and oxygen atoms in total. The van der Waals surface area contributed by atoms with Crippen LogP contribution in [-0.2, 0) is 16.1 Å².